The predicted molar refractivity (Wildman–Crippen MR) is 44.4 cm³/mol. The van der Waals surface area contributed by atoms with Gasteiger partial charge in [0.2, 0.25) is 5.56 Å². The van der Waals surface area contributed by atoms with Crippen LogP contribution in [0.1, 0.15) is 12.6 Å². The van der Waals surface area contributed by atoms with E-state index >= 15 is 0 Å². The fourth-order valence-electron chi connectivity index (χ4n) is 0.856. The molecule has 1 heterocycles. The number of hydrogen-bond donors (Lipinski definition) is 2. The van der Waals surface area contributed by atoms with Gasteiger partial charge in [0.05, 0.1) is 0 Å². The summed E-state index contributed by atoms with van der Waals surface area (Å²) in [6, 6.07) is 5.16. The molecule has 60 valence electrons. The van der Waals surface area contributed by atoms with E-state index in [9.17, 15) is 4.79 Å². The minimum absolute atomic E-state index is 0.0413. The lowest BCUT2D eigenvalue weighted by atomic mass is 10.3. The molecule has 1 aromatic heterocycles. The minimum atomic E-state index is -0.0413. The molecule has 3 nitrogen and oxygen atoms in total. The second-order valence-corrected chi connectivity index (χ2v) is 2.32. The molecule has 0 fully saturated rings. The van der Waals surface area contributed by atoms with E-state index in [2.05, 4.69) is 10.3 Å². The largest absolute Gasteiger partial charge is 0.325 e. The molecule has 0 unspecified atom stereocenters. The molecule has 0 spiro atoms. The Morgan fingerprint density at radius 2 is 2.36 bits per heavy atom. The Morgan fingerprint density at radius 1 is 1.55 bits per heavy atom. The normalized spacial score (nSPS) is 9.91. The number of rotatable bonds is 3. The van der Waals surface area contributed by atoms with Crippen molar-refractivity contribution in [3.05, 3.63) is 34.2 Å². The number of hydrogen-bond acceptors (Lipinski definition) is 2. The van der Waals surface area contributed by atoms with Crippen molar-refractivity contribution in [2.24, 2.45) is 0 Å². The molecular formula is C8H12N2O. The van der Waals surface area contributed by atoms with Crippen LogP contribution >= 0.6 is 0 Å². The van der Waals surface area contributed by atoms with Crippen molar-refractivity contribution in [1.29, 1.82) is 0 Å². The van der Waals surface area contributed by atoms with E-state index in [-0.39, 0.29) is 5.56 Å². The third kappa shape index (κ3) is 2.55. The molecule has 1 aromatic rings. The van der Waals surface area contributed by atoms with Gasteiger partial charge in [-0.05, 0) is 12.6 Å². The second kappa shape index (κ2) is 3.93. The van der Waals surface area contributed by atoms with Crippen LogP contribution in [0.5, 0.6) is 0 Å². The summed E-state index contributed by atoms with van der Waals surface area (Å²) >= 11 is 0. The van der Waals surface area contributed by atoms with Crippen LogP contribution in [0, 0.1) is 0 Å². The lowest BCUT2D eigenvalue weighted by Crippen LogP contribution is -2.16. The molecule has 0 aromatic carbocycles. The highest BCUT2D eigenvalue weighted by Crippen LogP contribution is 1.87. The maximum absolute atomic E-state index is 10.8. The molecule has 11 heavy (non-hydrogen) atoms. The van der Waals surface area contributed by atoms with Crippen molar-refractivity contribution >= 4 is 0 Å². The van der Waals surface area contributed by atoms with Gasteiger partial charge in [-0.25, -0.2) is 0 Å². The first-order valence-electron chi connectivity index (χ1n) is 3.72. The maximum atomic E-state index is 10.8. The lowest BCUT2D eigenvalue weighted by molar-refractivity contribution is 0.708. The predicted octanol–water partition coefficient (Wildman–Crippen LogP) is 0.484. The van der Waals surface area contributed by atoms with Crippen LogP contribution < -0.4 is 10.9 Å². The van der Waals surface area contributed by atoms with Crippen molar-refractivity contribution in [2.75, 3.05) is 6.54 Å². The molecule has 3 heteroatoms. The number of pyridine rings is 1. The summed E-state index contributed by atoms with van der Waals surface area (Å²) in [6.45, 7) is 3.67. The van der Waals surface area contributed by atoms with E-state index in [1.165, 1.54) is 6.07 Å². The molecule has 0 saturated heterocycles. The van der Waals surface area contributed by atoms with Crippen LogP contribution in [-0.4, -0.2) is 11.5 Å². The van der Waals surface area contributed by atoms with E-state index in [0.29, 0.717) is 0 Å². The highest BCUT2D eigenvalue weighted by molar-refractivity contribution is 5.03. The van der Waals surface area contributed by atoms with Gasteiger partial charge in [-0.3, -0.25) is 4.79 Å². The summed E-state index contributed by atoms with van der Waals surface area (Å²) in [5, 5.41) is 3.12. The van der Waals surface area contributed by atoms with E-state index in [1.54, 1.807) is 6.07 Å². The molecule has 0 aliphatic rings. The number of nitrogens with one attached hydrogen (secondary N) is 2. The van der Waals surface area contributed by atoms with Crippen molar-refractivity contribution in [2.45, 2.75) is 13.5 Å². The number of aromatic nitrogens is 1. The van der Waals surface area contributed by atoms with Gasteiger partial charge in [0.1, 0.15) is 0 Å². The van der Waals surface area contributed by atoms with Crippen LogP contribution in [-0.2, 0) is 6.54 Å². The van der Waals surface area contributed by atoms with Gasteiger partial charge in [-0.15, -0.1) is 0 Å². The zero-order valence-electron chi connectivity index (χ0n) is 6.55. The highest BCUT2D eigenvalue weighted by Gasteiger charge is 1.89. The summed E-state index contributed by atoms with van der Waals surface area (Å²) in [5.41, 5.74) is 0.889. The number of H-pyrrole nitrogens is 1. The topological polar surface area (TPSA) is 44.9 Å². The summed E-state index contributed by atoms with van der Waals surface area (Å²) in [5.74, 6) is 0. The number of aromatic amines is 1. The standard InChI is InChI=1S/C8H12N2O/c1-2-9-6-7-4-3-5-8(11)10-7/h3-5,9H,2,6H2,1H3,(H,10,11). The fraction of sp³-hybridized carbons (Fsp3) is 0.375. The third-order valence-electron chi connectivity index (χ3n) is 1.39. The summed E-state index contributed by atoms with van der Waals surface area (Å²) in [4.78, 5) is 13.5. The molecule has 0 aliphatic heterocycles. The highest BCUT2D eigenvalue weighted by atomic mass is 16.1. The van der Waals surface area contributed by atoms with Crippen molar-refractivity contribution < 1.29 is 0 Å². The Kier molecular flexibility index (Phi) is 2.86. The van der Waals surface area contributed by atoms with Gasteiger partial charge >= 0.3 is 0 Å². The molecule has 0 atom stereocenters. The van der Waals surface area contributed by atoms with Crippen LogP contribution in [0.3, 0.4) is 0 Å². The average molecular weight is 152 g/mol. The fourth-order valence-corrected chi connectivity index (χ4v) is 0.856. The zero-order chi connectivity index (χ0) is 8.10. The SMILES string of the molecule is CCNCc1cccc(=O)[nH]1. The monoisotopic (exact) mass is 152 g/mol. The van der Waals surface area contributed by atoms with Crippen LogP contribution in [0.2, 0.25) is 0 Å². The van der Waals surface area contributed by atoms with E-state index in [0.717, 1.165) is 18.8 Å². The Morgan fingerprint density at radius 3 is 3.00 bits per heavy atom. The van der Waals surface area contributed by atoms with Crippen LogP contribution in [0.25, 0.3) is 0 Å². The van der Waals surface area contributed by atoms with Crippen LogP contribution in [0.15, 0.2) is 23.0 Å². The molecule has 0 bridgehead atoms. The first-order valence-corrected chi connectivity index (χ1v) is 3.72. The van der Waals surface area contributed by atoms with Gasteiger partial charge in [0.25, 0.3) is 0 Å². The summed E-state index contributed by atoms with van der Waals surface area (Å²) in [6.07, 6.45) is 0. The lowest BCUT2D eigenvalue weighted by Gasteiger charge is -1.99. The summed E-state index contributed by atoms with van der Waals surface area (Å²) < 4.78 is 0. The van der Waals surface area contributed by atoms with E-state index in [4.69, 9.17) is 0 Å². The zero-order valence-corrected chi connectivity index (χ0v) is 6.55. The second-order valence-electron chi connectivity index (χ2n) is 2.32. The van der Waals surface area contributed by atoms with E-state index in [1.807, 2.05) is 13.0 Å². The Hall–Kier alpha value is -1.09. The van der Waals surface area contributed by atoms with Gasteiger partial charge in [0, 0.05) is 18.3 Å². The van der Waals surface area contributed by atoms with Gasteiger partial charge in [-0.1, -0.05) is 13.0 Å². The average Bonchev–Trinajstić information content (AvgIpc) is 2.01. The molecule has 0 saturated carbocycles. The molecule has 0 radical (unpaired) electrons. The first kappa shape index (κ1) is 8.01. The first-order chi connectivity index (χ1) is 5.33. The maximum Gasteiger partial charge on any atom is 0.248 e. The minimum Gasteiger partial charge on any atom is -0.325 e. The summed E-state index contributed by atoms with van der Waals surface area (Å²) in [7, 11) is 0. The Bertz CT molecular complexity index is 267. The van der Waals surface area contributed by atoms with Crippen LogP contribution in [0.4, 0.5) is 0 Å². The van der Waals surface area contributed by atoms with Gasteiger partial charge in [0.15, 0.2) is 0 Å². The molecule has 1 rings (SSSR count). The van der Waals surface area contributed by atoms with Crippen molar-refractivity contribution in [3.63, 3.8) is 0 Å². The van der Waals surface area contributed by atoms with E-state index < -0.39 is 0 Å². The van der Waals surface area contributed by atoms with Gasteiger partial charge < -0.3 is 10.3 Å². The third-order valence-corrected chi connectivity index (χ3v) is 1.39. The van der Waals surface area contributed by atoms with Gasteiger partial charge in [-0.2, -0.15) is 0 Å². The van der Waals surface area contributed by atoms with Crippen molar-refractivity contribution in [3.8, 4) is 0 Å². The Balaban J connectivity index is 2.64. The molecule has 0 amide bonds. The smallest absolute Gasteiger partial charge is 0.248 e. The molecule has 2 N–H and O–H groups in total. The molecular weight excluding hydrogens is 140 g/mol. The van der Waals surface area contributed by atoms with Crippen molar-refractivity contribution in [1.82, 2.24) is 10.3 Å². The molecule has 0 aliphatic carbocycles. The Labute approximate surface area is 65.5 Å². The quantitative estimate of drug-likeness (QED) is 0.661.